The fourth-order valence-electron chi connectivity index (χ4n) is 1.31. The third kappa shape index (κ3) is 6.57. The SMILES string of the molecule is C=CCNC(=S)N/N=C\c1cccc(OC(C)C)c1. The first-order chi connectivity index (χ1) is 9.11. The Morgan fingerprint density at radius 2 is 2.32 bits per heavy atom. The van der Waals surface area contributed by atoms with Crippen molar-refractivity contribution in [1.29, 1.82) is 0 Å². The average Bonchev–Trinajstić information content (AvgIpc) is 2.36. The van der Waals surface area contributed by atoms with Crippen molar-refractivity contribution in [1.82, 2.24) is 10.7 Å². The highest BCUT2D eigenvalue weighted by Crippen LogP contribution is 2.13. The Labute approximate surface area is 119 Å². The zero-order chi connectivity index (χ0) is 14.1. The summed E-state index contributed by atoms with van der Waals surface area (Å²) < 4.78 is 5.60. The minimum Gasteiger partial charge on any atom is -0.491 e. The molecule has 1 rings (SSSR count). The van der Waals surface area contributed by atoms with Gasteiger partial charge >= 0.3 is 0 Å². The molecule has 0 amide bonds. The Bertz CT molecular complexity index is 458. The summed E-state index contributed by atoms with van der Waals surface area (Å²) in [7, 11) is 0. The van der Waals surface area contributed by atoms with Crippen molar-refractivity contribution in [2.75, 3.05) is 6.54 Å². The van der Waals surface area contributed by atoms with Gasteiger partial charge in [0.05, 0.1) is 12.3 Å². The van der Waals surface area contributed by atoms with Crippen molar-refractivity contribution in [2.45, 2.75) is 20.0 Å². The molecule has 0 unspecified atom stereocenters. The fourth-order valence-corrected chi connectivity index (χ4v) is 1.45. The highest BCUT2D eigenvalue weighted by molar-refractivity contribution is 7.80. The molecule has 0 radical (unpaired) electrons. The van der Waals surface area contributed by atoms with Crippen molar-refractivity contribution in [3.05, 3.63) is 42.5 Å². The number of hydrazone groups is 1. The van der Waals surface area contributed by atoms with Crippen LogP contribution in [0.5, 0.6) is 5.75 Å². The van der Waals surface area contributed by atoms with Gasteiger partial charge in [0.15, 0.2) is 5.11 Å². The molecule has 0 aromatic heterocycles. The van der Waals surface area contributed by atoms with Crippen molar-refractivity contribution < 1.29 is 4.74 Å². The minimum atomic E-state index is 0.154. The summed E-state index contributed by atoms with van der Waals surface area (Å²) in [6.45, 7) is 8.19. The molecular weight excluding hydrogens is 258 g/mol. The van der Waals surface area contributed by atoms with Crippen LogP contribution in [-0.2, 0) is 0 Å². The predicted molar refractivity (Wildman–Crippen MR) is 83.7 cm³/mol. The van der Waals surface area contributed by atoms with Gasteiger partial charge in [-0.2, -0.15) is 5.10 Å². The second-order valence-electron chi connectivity index (χ2n) is 4.11. The van der Waals surface area contributed by atoms with Crippen molar-refractivity contribution in [2.24, 2.45) is 5.10 Å². The van der Waals surface area contributed by atoms with Crippen molar-refractivity contribution in [3.63, 3.8) is 0 Å². The molecule has 5 heteroatoms. The molecular formula is C14H19N3OS. The van der Waals surface area contributed by atoms with E-state index in [0.717, 1.165) is 11.3 Å². The maximum absolute atomic E-state index is 5.60. The largest absolute Gasteiger partial charge is 0.491 e. The van der Waals surface area contributed by atoms with Crippen LogP contribution in [0.4, 0.5) is 0 Å². The lowest BCUT2D eigenvalue weighted by atomic mass is 10.2. The highest BCUT2D eigenvalue weighted by Gasteiger charge is 1.97. The summed E-state index contributed by atoms with van der Waals surface area (Å²) in [5.41, 5.74) is 3.67. The molecule has 2 N–H and O–H groups in total. The van der Waals surface area contributed by atoms with E-state index < -0.39 is 0 Å². The number of hydrogen-bond acceptors (Lipinski definition) is 3. The molecule has 0 saturated carbocycles. The van der Waals surface area contributed by atoms with E-state index in [0.29, 0.717) is 11.7 Å². The van der Waals surface area contributed by atoms with E-state index in [1.807, 2.05) is 38.1 Å². The van der Waals surface area contributed by atoms with E-state index in [4.69, 9.17) is 17.0 Å². The molecule has 4 nitrogen and oxygen atoms in total. The molecule has 102 valence electrons. The standard InChI is InChI=1S/C14H19N3OS/c1-4-8-15-14(19)17-16-10-12-6-5-7-13(9-12)18-11(2)3/h4-7,9-11H,1,8H2,2-3H3,(H2,15,17,19)/b16-10-. The van der Waals surface area contributed by atoms with Crippen molar-refractivity contribution in [3.8, 4) is 5.75 Å². The van der Waals surface area contributed by atoms with Gasteiger partial charge in [-0.3, -0.25) is 5.43 Å². The van der Waals surface area contributed by atoms with E-state index in [1.165, 1.54) is 0 Å². The lowest BCUT2D eigenvalue weighted by molar-refractivity contribution is 0.242. The van der Waals surface area contributed by atoms with Gasteiger partial charge in [-0.25, -0.2) is 0 Å². The van der Waals surface area contributed by atoms with Gasteiger partial charge in [-0.1, -0.05) is 18.2 Å². The van der Waals surface area contributed by atoms with Gasteiger partial charge in [0.25, 0.3) is 0 Å². The molecule has 0 aliphatic rings. The van der Waals surface area contributed by atoms with Crippen LogP contribution in [0.2, 0.25) is 0 Å². The Morgan fingerprint density at radius 1 is 1.53 bits per heavy atom. The Hall–Kier alpha value is -1.88. The molecule has 0 atom stereocenters. The number of benzene rings is 1. The molecule has 0 fully saturated rings. The first-order valence-corrected chi connectivity index (χ1v) is 6.47. The van der Waals surface area contributed by atoms with Crippen LogP contribution in [0.25, 0.3) is 0 Å². The van der Waals surface area contributed by atoms with Crippen LogP contribution >= 0.6 is 12.2 Å². The number of nitrogens with one attached hydrogen (secondary N) is 2. The van der Waals surface area contributed by atoms with Crippen molar-refractivity contribution >= 4 is 23.5 Å². The molecule has 19 heavy (non-hydrogen) atoms. The quantitative estimate of drug-likeness (QED) is 0.363. The van der Waals surface area contributed by atoms with Gasteiger partial charge in [0.1, 0.15) is 5.75 Å². The van der Waals surface area contributed by atoms with E-state index >= 15 is 0 Å². The number of ether oxygens (including phenoxy) is 1. The second kappa shape index (κ2) is 8.26. The molecule has 0 aliphatic heterocycles. The number of thiocarbonyl (C=S) groups is 1. The number of rotatable bonds is 6. The lowest BCUT2D eigenvalue weighted by Gasteiger charge is -2.09. The molecule has 1 aromatic rings. The van der Waals surface area contributed by atoms with Gasteiger partial charge < -0.3 is 10.1 Å². The third-order valence-electron chi connectivity index (χ3n) is 2.02. The van der Waals surface area contributed by atoms with Crippen LogP contribution in [0, 0.1) is 0 Å². The summed E-state index contributed by atoms with van der Waals surface area (Å²) in [5.74, 6) is 0.825. The van der Waals surface area contributed by atoms with Gasteiger partial charge in [-0.15, -0.1) is 6.58 Å². The van der Waals surface area contributed by atoms with Crippen LogP contribution in [0.1, 0.15) is 19.4 Å². The summed E-state index contributed by atoms with van der Waals surface area (Å²) >= 11 is 5.01. The highest BCUT2D eigenvalue weighted by atomic mass is 32.1. The van der Waals surface area contributed by atoms with Crippen LogP contribution < -0.4 is 15.5 Å². The zero-order valence-electron chi connectivity index (χ0n) is 11.2. The van der Waals surface area contributed by atoms with E-state index in [1.54, 1.807) is 12.3 Å². The zero-order valence-corrected chi connectivity index (χ0v) is 12.0. The van der Waals surface area contributed by atoms with Gasteiger partial charge in [-0.05, 0) is 43.8 Å². The molecule has 0 heterocycles. The van der Waals surface area contributed by atoms with E-state index in [9.17, 15) is 0 Å². The normalized spacial score (nSPS) is 10.5. The topological polar surface area (TPSA) is 45.7 Å². The Morgan fingerprint density at radius 3 is 3.00 bits per heavy atom. The van der Waals surface area contributed by atoms with E-state index in [-0.39, 0.29) is 6.10 Å². The summed E-state index contributed by atoms with van der Waals surface area (Å²) in [4.78, 5) is 0. The average molecular weight is 277 g/mol. The second-order valence-corrected chi connectivity index (χ2v) is 4.52. The van der Waals surface area contributed by atoms with E-state index in [2.05, 4.69) is 22.4 Å². The summed E-state index contributed by atoms with van der Waals surface area (Å²) in [5, 5.41) is 7.43. The Balaban J connectivity index is 2.52. The fraction of sp³-hybridized carbons (Fsp3) is 0.286. The van der Waals surface area contributed by atoms with Crippen LogP contribution in [0.3, 0.4) is 0 Å². The third-order valence-corrected chi connectivity index (χ3v) is 2.25. The van der Waals surface area contributed by atoms with Gasteiger partial charge in [0, 0.05) is 6.54 Å². The molecule has 0 saturated heterocycles. The first kappa shape index (κ1) is 15.2. The molecule has 0 aliphatic carbocycles. The maximum atomic E-state index is 5.60. The molecule has 0 bridgehead atoms. The predicted octanol–water partition coefficient (Wildman–Crippen LogP) is 2.46. The summed E-state index contributed by atoms with van der Waals surface area (Å²) in [6, 6.07) is 7.71. The molecule has 0 spiro atoms. The first-order valence-electron chi connectivity index (χ1n) is 6.06. The Kier molecular flexibility index (Phi) is 6.60. The number of nitrogens with zero attached hydrogens (tertiary/aromatic N) is 1. The van der Waals surface area contributed by atoms with Gasteiger partial charge in [0.2, 0.25) is 0 Å². The lowest BCUT2D eigenvalue weighted by Crippen LogP contribution is -2.31. The summed E-state index contributed by atoms with van der Waals surface area (Å²) in [6.07, 6.45) is 3.57. The maximum Gasteiger partial charge on any atom is 0.187 e. The van der Waals surface area contributed by atoms with Crippen LogP contribution in [-0.4, -0.2) is 24.0 Å². The smallest absolute Gasteiger partial charge is 0.187 e. The minimum absolute atomic E-state index is 0.154. The number of hydrogen-bond donors (Lipinski definition) is 2. The van der Waals surface area contributed by atoms with Crippen LogP contribution in [0.15, 0.2) is 42.0 Å². The monoisotopic (exact) mass is 277 g/mol. The molecule has 1 aromatic carbocycles.